The molecule has 1 aromatic rings. The van der Waals surface area contributed by atoms with Crippen LogP contribution in [0.1, 0.15) is 38.2 Å². The molecule has 112 valence electrons. The Labute approximate surface area is 124 Å². The lowest BCUT2D eigenvalue weighted by Crippen LogP contribution is -2.23. The van der Waals surface area contributed by atoms with E-state index in [-0.39, 0.29) is 35.4 Å². The minimum absolute atomic E-state index is 0.0605. The molecule has 0 aromatic heterocycles. The number of aliphatic hydroxyl groups is 1. The second-order valence-corrected chi connectivity index (χ2v) is 5.62. The lowest BCUT2D eigenvalue weighted by Gasteiger charge is -2.22. The highest BCUT2D eigenvalue weighted by Gasteiger charge is 2.27. The molecule has 0 saturated heterocycles. The Morgan fingerprint density at radius 3 is 2.52 bits per heavy atom. The SMILES string of the molecule is CC[C@H]1CC(=O)C(CC(=O)Nc2ccc(C)cc2)=C(O)C1. The summed E-state index contributed by atoms with van der Waals surface area (Å²) in [7, 11) is 0. The van der Waals surface area contributed by atoms with Crippen molar-refractivity contribution in [3.8, 4) is 0 Å². The fourth-order valence-corrected chi connectivity index (χ4v) is 2.51. The van der Waals surface area contributed by atoms with E-state index >= 15 is 0 Å². The van der Waals surface area contributed by atoms with Gasteiger partial charge in [-0.3, -0.25) is 9.59 Å². The van der Waals surface area contributed by atoms with Crippen molar-refractivity contribution in [2.75, 3.05) is 5.32 Å². The zero-order valence-electron chi connectivity index (χ0n) is 12.5. The summed E-state index contributed by atoms with van der Waals surface area (Å²) in [5, 5.41) is 12.7. The van der Waals surface area contributed by atoms with Crippen LogP contribution >= 0.6 is 0 Å². The number of hydrogen-bond donors (Lipinski definition) is 2. The van der Waals surface area contributed by atoms with Gasteiger partial charge in [0.05, 0.1) is 12.2 Å². The number of amides is 1. The van der Waals surface area contributed by atoms with Crippen LogP contribution in [-0.2, 0) is 9.59 Å². The summed E-state index contributed by atoms with van der Waals surface area (Å²) < 4.78 is 0. The Morgan fingerprint density at radius 1 is 1.29 bits per heavy atom. The predicted octanol–water partition coefficient (Wildman–Crippen LogP) is 3.52. The number of carbonyl (C=O) groups is 2. The normalized spacial score (nSPS) is 18.8. The lowest BCUT2D eigenvalue weighted by molar-refractivity contribution is -0.120. The Morgan fingerprint density at radius 2 is 1.95 bits per heavy atom. The first kappa shape index (κ1) is 15.3. The van der Waals surface area contributed by atoms with Gasteiger partial charge in [0.2, 0.25) is 5.91 Å². The van der Waals surface area contributed by atoms with Gasteiger partial charge in [0.25, 0.3) is 0 Å². The van der Waals surface area contributed by atoms with Crippen molar-refractivity contribution in [3.63, 3.8) is 0 Å². The summed E-state index contributed by atoms with van der Waals surface area (Å²) in [5.74, 6) is -0.105. The monoisotopic (exact) mass is 287 g/mol. The summed E-state index contributed by atoms with van der Waals surface area (Å²) in [6.45, 7) is 3.97. The van der Waals surface area contributed by atoms with Crippen LogP contribution in [0.4, 0.5) is 5.69 Å². The quantitative estimate of drug-likeness (QED) is 0.890. The van der Waals surface area contributed by atoms with Gasteiger partial charge in [-0.15, -0.1) is 0 Å². The first-order valence-corrected chi connectivity index (χ1v) is 7.30. The van der Waals surface area contributed by atoms with Gasteiger partial charge in [-0.1, -0.05) is 31.0 Å². The largest absolute Gasteiger partial charge is 0.512 e. The van der Waals surface area contributed by atoms with Gasteiger partial charge in [0.15, 0.2) is 5.78 Å². The van der Waals surface area contributed by atoms with Gasteiger partial charge in [0, 0.05) is 24.1 Å². The smallest absolute Gasteiger partial charge is 0.229 e. The van der Waals surface area contributed by atoms with Crippen molar-refractivity contribution in [2.45, 2.75) is 39.5 Å². The summed E-state index contributed by atoms with van der Waals surface area (Å²) in [6.07, 6.45) is 1.72. The standard InChI is InChI=1S/C17H21NO3/c1-3-12-8-15(19)14(16(20)9-12)10-17(21)18-13-6-4-11(2)5-7-13/h4-7,12,19H,3,8-10H2,1-2H3,(H,18,21)/t12-/m1/s1. The third-order valence-corrected chi connectivity index (χ3v) is 3.89. The van der Waals surface area contributed by atoms with E-state index in [2.05, 4.69) is 5.32 Å². The molecule has 0 fully saturated rings. The first-order valence-electron chi connectivity index (χ1n) is 7.30. The molecule has 4 heteroatoms. The topological polar surface area (TPSA) is 66.4 Å². The maximum absolute atomic E-state index is 12.0. The molecule has 21 heavy (non-hydrogen) atoms. The predicted molar refractivity (Wildman–Crippen MR) is 82.1 cm³/mol. The molecule has 0 bridgehead atoms. The van der Waals surface area contributed by atoms with E-state index in [1.807, 2.05) is 38.1 Å². The zero-order chi connectivity index (χ0) is 15.4. The van der Waals surface area contributed by atoms with Crippen molar-refractivity contribution >= 4 is 17.4 Å². The van der Waals surface area contributed by atoms with E-state index in [4.69, 9.17) is 0 Å². The first-order chi connectivity index (χ1) is 9.99. The molecule has 2 rings (SSSR count). The molecule has 0 aliphatic heterocycles. The maximum Gasteiger partial charge on any atom is 0.229 e. The molecule has 1 atom stereocenters. The highest BCUT2D eigenvalue weighted by atomic mass is 16.3. The molecule has 0 spiro atoms. The summed E-state index contributed by atoms with van der Waals surface area (Å²) in [4.78, 5) is 24.0. The van der Waals surface area contributed by atoms with Crippen molar-refractivity contribution in [1.82, 2.24) is 0 Å². The number of Topliss-reactive ketones (excluding diaryl/α,β-unsaturated/α-hetero) is 1. The van der Waals surface area contributed by atoms with Gasteiger partial charge >= 0.3 is 0 Å². The van der Waals surface area contributed by atoms with Crippen molar-refractivity contribution in [2.24, 2.45) is 5.92 Å². The highest BCUT2D eigenvalue weighted by Crippen LogP contribution is 2.29. The Balaban J connectivity index is 2.02. The molecule has 0 radical (unpaired) electrons. The number of aryl methyl sites for hydroxylation is 1. The van der Waals surface area contributed by atoms with Gasteiger partial charge in [-0.25, -0.2) is 0 Å². The number of anilines is 1. The van der Waals surface area contributed by atoms with E-state index < -0.39 is 0 Å². The Kier molecular flexibility index (Phi) is 4.78. The van der Waals surface area contributed by atoms with Crippen molar-refractivity contribution in [3.05, 3.63) is 41.2 Å². The number of nitrogens with one attached hydrogen (secondary N) is 1. The van der Waals surface area contributed by atoms with Crippen LogP contribution < -0.4 is 5.32 Å². The molecule has 1 amide bonds. The zero-order valence-corrected chi connectivity index (χ0v) is 12.5. The fourth-order valence-electron chi connectivity index (χ4n) is 2.51. The van der Waals surface area contributed by atoms with E-state index in [1.54, 1.807) is 0 Å². The molecular formula is C17H21NO3. The number of rotatable bonds is 4. The number of benzene rings is 1. The molecule has 0 unspecified atom stereocenters. The third kappa shape index (κ3) is 3.94. The van der Waals surface area contributed by atoms with Gasteiger partial charge < -0.3 is 10.4 Å². The summed E-state index contributed by atoms with van der Waals surface area (Å²) in [6, 6.07) is 7.45. The Bertz CT molecular complexity index is 572. The minimum Gasteiger partial charge on any atom is -0.512 e. The van der Waals surface area contributed by atoms with Gasteiger partial charge in [0.1, 0.15) is 0 Å². The number of allylic oxidation sites excluding steroid dienone is 1. The molecule has 0 saturated carbocycles. The average molecular weight is 287 g/mol. The van der Waals surface area contributed by atoms with E-state index in [1.165, 1.54) is 0 Å². The van der Waals surface area contributed by atoms with Crippen LogP contribution in [0.3, 0.4) is 0 Å². The molecule has 1 aliphatic rings. The van der Waals surface area contributed by atoms with Crippen LogP contribution in [0.2, 0.25) is 0 Å². The van der Waals surface area contributed by atoms with Crippen molar-refractivity contribution < 1.29 is 14.7 Å². The second kappa shape index (κ2) is 6.57. The molecule has 0 heterocycles. The average Bonchev–Trinajstić information content (AvgIpc) is 2.45. The molecule has 4 nitrogen and oxygen atoms in total. The van der Waals surface area contributed by atoms with Crippen LogP contribution in [0.15, 0.2) is 35.6 Å². The lowest BCUT2D eigenvalue weighted by atomic mass is 9.84. The molecule has 1 aliphatic carbocycles. The molecule has 1 aromatic carbocycles. The third-order valence-electron chi connectivity index (χ3n) is 3.89. The van der Waals surface area contributed by atoms with Crippen LogP contribution in [0.5, 0.6) is 0 Å². The van der Waals surface area contributed by atoms with Crippen LogP contribution in [0.25, 0.3) is 0 Å². The second-order valence-electron chi connectivity index (χ2n) is 5.62. The van der Waals surface area contributed by atoms with Gasteiger partial charge in [-0.05, 0) is 25.0 Å². The van der Waals surface area contributed by atoms with Crippen molar-refractivity contribution in [1.29, 1.82) is 0 Å². The summed E-state index contributed by atoms with van der Waals surface area (Å²) >= 11 is 0. The molecule has 2 N–H and O–H groups in total. The van der Waals surface area contributed by atoms with Gasteiger partial charge in [-0.2, -0.15) is 0 Å². The van der Waals surface area contributed by atoms with Crippen LogP contribution in [0, 0.1) is 12.8 Å². The maximum atomic E-state index is 12.0. The number of ketones is 1. The number of hydrogen-bond acceptors (Lipinski definition) is 3. The highest BCUT2D eigenvalue weighted by molar-refractivity contribution is 6.04. The number of carbonyl (C=O) groups excluding carboxylic acids is 2. The summed E-state index contributed by atoms with van der Waals surface area (Å²) in [5.41, 5.74) is 2.08. The fraction of sp³-hybridized carbons (Fsp3) is 0.412. The van der Waals surface area contributed by atoms with Crippen LogP contribution in [-0.4, -0.2) is 16.8 Å². The van der Waals surface area contributed by atoms with E-state index in [0.717, 1.165) is 12.0 Å². The number of aliphatic hydroxyl groups excluding tert-OH is 1. The van der Waals surface area contributed by atoms with E-state index in [9.17, 15) is 14.7 Å². The molecular weight excluding hydrogens is 266 g/mol. The minimum atomic E-state index is -0.274. The Hall–Kier alpha value is -2.10. The van der Waals surface area contributed by atoms with E-state index in [0.29, 0.717) is 18.5 Å².